The minimum absolute atomic E-state index is 0.248. The molecule has 2 amide bonds. The van der Waals surface area contributed by atoms with E-state index in [2.05, 4.69) is 41.0 Å². The standard InChI is InChI=1S/C21H27N3O3/c1-3-17-19(20(25)27-4-2)18(23-21(26)22-17)14-24-12-10-16(11-13-24)15-8-6-5-7-9-15/h5-10,17H,3-4,11-14H2,1-2H3,(H2,22,23,26)/p+1/t17-/m1/s1. The summed E-state index contributed by atoms with van der Waals surface area (Å²) in [6, 6.07) is 9.86. The molecule has 0 spiro atoms. The van der Waals surface area contributed by atoms with E-state index in [-0.39, 0.29) is 18.0 Å². The molecule has 2 heterocycles. The van der Waals surface area contributed by atoms with E-state index in [9.17, 15) is 9.59 Å². The molecular weight excluding hydrogens is 342 g/mol. The first-order valence-corrected chi connectivity index (χ1v) is 9.68. The fourth-order valence-corrected chi connectivity index (χ4v) is 3.71. The summed E-state index contributed by atoms with van der Waals surface area (Å²) in [6.07, 6.45) is 3.89. The van der Waals surface area contributed by atoms with Crippen LogP contribution in [-0.2, 0) is 9.53 Å². The van der Waals surface area contributed by atoms with Gasteiger partial charge in [-0.3, -0.25) is 0 Å². The van der Waals surface area contributed by atoms with Gasteiger partial charge in [0.1, 0.15) is 6.54 Å². The van der Waals surface area contributed by atoms with E-state index in [1.165, 1.54) is 16.0 Å². The van der Waals surface area contributed by atoms with Gasteiger partial charge in [-0.15, -0.1) is 0 Å². The molecule has 0 radical (unpaired) electrons. The van der Waals surface area contributed by atoms with Gasteiger partial charge in [-0.05, 0) is 30.6 Å². The summed E-state index contributed by atoms with van der Waals surface area (Å²) in [5.74, 6) is -0.344. The predicted octanol–water partition coefficient (Wildman–Crippen LogP) is 1.27. The Morgan fingerprint density at radius 1 is 1.26 bits per heavy atom. The summed E-state index contributed by atoms with van der Waals surface area (Å²) < 4.78 is 5.23. The molecule has 0 bridgehead atoms. The zero-order chi connectivity index (χ0) is 19.2. The zero-order valence-electron chi connectivity index (χ0n) is 16.0. The number of urea groups is 1. The van der Waals surface area contributed by atoms with Crippen molar-refractivity contribution >= 4 is 17.6 Å². The number of quaternary nitrogens is 1. The summed E-state index contributed by atoms with van der Waals surface area (Å²) in [4.78, 5) is 25.8. The van der Waals surface area contributed by atoms with E-state index in [4.69, 9.17) is 4.74 Å². The Kier molecular flexibility index (Phi) is 6.29. The Hall–Kier alpha value is -2.60. The zero-order valence-corrected chi connectivity index (χ0v) is 16.0. The smallest absolute Gasteiger partial charge is 0.338 e. The molecule has 0 aromatic heterocycles. The molecule has 144 valence electrons. The molecular formula is C21H28N3O3+. The molecule has 2 aliphatic rings. The molecule has 2 atom stereocenters. The van der Waals surface area contributed by atoms with Gasteiger partial charge in [0, 0.05) is 6.42 Å². The summed E-state index contributed by atoms with van der Waals surface area (Å²) in [5.41, 5.74) is 3.88. The van der Waals surface area contributed by atoms with Crippen molar-refractivity contribution in [1.29, 1.82) is 0 Å². The topological polar surface area (TPSA) is 71.9 Å². The quantitative estimate of drug-likeness (QED) is 0.661. The molecule has 3 N–H and O–H groups in total. The van der Waals surface area contributed by atoms with Crippen LogP contribution in [0.3, 0.4) is 0 Å². The van der Waals surface area contributed by atoms with Crippen molar-refractivity contribution < 1.29 is 19.2 Å². The van der Waals surface area contributed by atoms with Crippen molar-refractivity contribution in [3.63, 3.8) is 0 Å². The van der Waals surface area contributed by atoms with Gasteiger partial charge in [0.25, 0.3) is 0 Å². The first-order chi connectivity index (χ1) is 13.1. The van der Waals surface area contributed by atoms with E-state index >= 15 is 0 Å². The highest BCUT2D eigenvalue weighted by molar-refractivity contribution is 5.94. The average molecular weight is 370 g/mol. The second-order valence-electron chi connectivity index (χ2n) is 6.90. The summed E-state index contributed by atoms with van der Waals surface area (Å²) in [5, 5.41) is 5.67. The summed E-state index contributed by atoms with van der Waals surface area (Å²) in [7, 11) is 0. The number of carbonyl (C=O) groups is 2. The third-order valence-electron chi connectivity index (χ3n) is 5.10. The van der Waals surface area contributed by atoms with Crippen molar-refractivity contribution in [2.75, 3.05) is 26.2 Å². The van der Waals surface area contributed by atoms with Crippen LogP contribution in [0.1, 0.15) is 32.3 Å². The summed E-state index contributed by atoms with van der Waals surface area (Å²) in [6.45, 7) is 6.50. The van der Waals surface area contributed by atoms with Crippen molar-refractivity contribution in [3.8, 4) is 0 Å². The third kappa shape index (κ3) is 4.57. The average Bonchev–Trinajstić information content (AvgIpc) is 2.69. The molecule has 1 unspecified atom stereocenters. The minimum Gasteiger partial charge on any atom is -0.463 e. The van der Waals surface area contributed by atoms with Crippen LogP contribution in [0, 0.1) is 0 Å². The largest absolute Gasteiger partial charge is 0.463 e. The lowest BCUT2D eigenvalue weighted by Crippen LogP contribution is -3.12. The van der Waals surface area contributed by atoms with Gasteiger partial charge in [0.15, 0.2) is 0 Å². The van der Waals surface area contributed by atoms with E-state index < -0.39 is 0 Å². The number of rotatable bonds is 6. The molecule has 6 nitrogen and oxygen atoms in total. The van der Waals surface area contributed by atoms with Crippen LogP contribution in [0.5, 0.6) is 0 Å². The Bertz CT molecular complexity index is 755. The van der Waals surface area contributed by atoms with Gasteiger partial charge in [-0.2, -0.15) is 0 Å². The lowest BCUT2D eigenvalue weighted by atomic mass is 9.98. The van der Waals surface area contributed by atoms with Crippen LogP contribution in [0.4, 0.5) is 4.79 Å². The highest BCUT2D eigenvalue weighted by Gasteiger charge is 2.33. The minimum atomic E-state index is -0.344. The third-order valence-corrected chi connectivity index (χ3v) is 5.10. The van der Waals surface area contributed by atoms with E-state index in [1.54, 1.807) is 6.92 Å². The highest BCUT2D eigenvalue weighted by atomic mass is 16.5. The van der Waals surface area contributed by atoms with Crippen molar-refractivity contribution in [2.24, 2.45) is 0 Å². The van der Waals surface area contributed by atoms with Crippen LogP contribution in [-0.4, -0.2) is 44.3 Å². The van der Waals surface area contributed by atoms with Crippen molar-refractivity contribution in [2.45, 2.75) is 32.7 Å². The Balaban J connectivity index is 1.76. The van der Waals surface area contributed by atoms with Gasteiger partial charge in [0.2, 0.25) is 0 Å². The molecule has 0 saturated carbocycles. The van der Waals surface area contributed by atoms with Crippen molar-refractivity contribution in [3.05, 3.63) is 53.2 Å². The second-order valence-corrected chi connectivity index (χ2v) is 6.90. The molecule has 2 aliphatic heterocycles. The first-order valence-electron chi connectivity index (χ1n) is 9.68. The Morgan fingerprint density at radius 2 is 2.04 bits per heavy atom. The molecule has 6 heteroatoms. The molecule has 27 heavy (non-hydrogen) atoms. The number of benzene rings is 1. The first kappa shape index (κ1) is 19.2. The number of amides is 2. The van der Waals surface area contributed by atoms with E-state index in [1.807, 2.05) is 13.0 Å². The van der Waals surface area contributed by atoms with Crippen LogP contribution in [0.25, 0.3) is 5.57 Å². The number of nitrogens with one attached hydrogen (secondary N) is 3. The maximum atomic E-state index is 12.5. The van der Waals surface area contributed by atoms with E-state index in [0.717, 1.165) is 19.5 Å². The number of ether oxygens (including phenoxy) is 1. The molecule has 1 aromatic rings. The van der Waals surface area contributed by atoms with Gasteiger partial charge >= 0.3 is 12.0 Å². The number of hydrogen-bond donors (Lipinski definition) is 3. The number of hydrogen-bond acceptors (Lipinski definition) is 3. The fraction of sp³-hybridized carbons (Fsp3) is 0.429. The normalized spacial score (nSPS) is 22.6. The molecule has 0 aliphatic carbocycles. The second kappa shape index (κ2) is 8.86. The predicted molar refractivity (Wildman–Crippen MR) is 104 cm³/mol. The highest BCUT2D eigenvalue weighted by Crippen LogP contribution is 2.19. The number of carbonyl (C=O) groups excluding carboxylic acids is 2. The summed E-state index contributed by atoms with van der Waals surface area (Å²) >= 11 is 0. The van der Waals surface area contributed by atoms with E-state index in [0.29, 0.717) is 30.8 Å². The SMILES string of the molecule is CCOC(=O)C1=C(C[NH+]2CC=C(c3ccccc3)CC2)NC(=O)N[C@@H]1CC. The van der Waals surface area contributed by atoms with Gasteiger partial charge in [0.05, 0.1) is 37.0 Å². The van der Waals surface area contributed by atoms with Crippen LogP contribution in [0.15, 0.2) is 47.7 Å². The molecule has 0 saturated heterocycles. The van der Waals surface area contributed by atoms with Crippen LogP contribution < -0.4 is 15.5 Å². The maximum Gasteiger partial charge on any atom is 0.338 e. The van der Waals surface area contributed by atoms with Crippen LogP contribution in [0.2, 0.25) is 0 Å². The molecule has 3 rings (SSSR count). The van der Waals surface area contributed by atoms with Crippen molar-refractivity contribution in [1.82, 2.24) is 10.6 Å². The fourth-order valence-electron chi connectivity index (χ4n) is 3.71. The van der Waals surface area contributed by atoms with Gasteiger partial charge < -0.3 is 20.3 Å². The van der Waals surface area contributed by atoms with Crippen LogP contribution >= 0.6 is 0 Å². The van der Waals surface area contributed by atoms with Gasteiger partial charge in [-0.1, -0.05) is 37.3 Å². The lowest BCUT2D eigenvalue weighted by Gasteiger charge is -2.31. The van der Waals surface area contributed by atoms with Gasteiger partial charge in [-0.25, -0.2) is 9.59 Å². The molecule has 0 fully saturated rings. The number of esters is 1. The Morgan fingerprint density at radius 3 is 2.67 bits per heavy atom. The lowest BCUT2D eigenvalue weighted by molar-refractivity contribution is -0.890. The molecule has 1 aromatic carbocycles. The monoisotopic (exact) mass is 370 g/mol. The Labute approximate surface area is 160 Å². The maximum absolute atomic E-state index is 12.5.